The Hall–Kier alpha value is -1.61. The van der Waals surface area contributed by atoms with Crippen LogP contribution in [0, 0.1) is 0 Å². The molecule has 0 aliphatic carbocycles. The molecule has 2 rings (SSSR count). The van der Waals surface area contributed by atoms with Crippen LogP contribution in [0.25, 0.3) is 5.69 Å². The van der Waals surface area contributed by atoms with Crippen molar-refractivity contribution in [3.63, 3.8) is 0 Å². The molecule has 0 unspecified atom stereocenters. The van der Waals surface area contributed by atoms with Crippen molar-refractivity contribution >= 4 is 0 Å². The number of rotatable bonds is 3. The van der Waals surface area contributed by atoms with Crippen LogP contribution in [-0.4, -0.2) is 9.55 Å². The first-order chi connectivity index (χ1) is 7.72. The zero-order valence-electron chi connectivity index (χ0n) is 9.72. The summed E-state index contributed by atoms with van der Waals surface area (Å²) in [6.45, 7) is 4.84. The van der Waals surface area contributed by atoms with Gasteiger partial charge in [0.25, 0.3) is 0 Å². The van der Waals surface area contributed by atoms with E-state index < -0.39 is 0 Å². The fraction of sp³-hybridized carbons (Fsp3) is 0.308. The average Bonchev–Trinajstić information content (AvgIpc) is 2.77. The molecule has 1 heterocycles. The third kappa shape index (κ3) is 1.99. The van der Waals surface area contributed by atoms with E-state index in [1.807, 2.05) is 10.8 Å². The lowest BCUT2D eigenvalue weighted by atomic mass is 10.0. The molecular weight excluding hydrogens is 198 g/mol. The highest BCUT2D eigenvalue weighted by Crippen LogP contribution is 2.17. The molecule has 0 spiro atoms. The Bertz CT molecular complexity index is 454. The molecule has 84 valence electrons. The lowest BCUT2D eigenvalue weighted by Crippen LogP contribution is -2.06. The maximum Gasteiger partial charge on any atom is 0.126 e. The monoisotopic (exact) mass is 215 g/mol. The molecule has 2 N–H and O–H groups in total. The largest absolute Gasteiger partial charge is 0.324 e. The summed E-state index contributed by atoms with van der Waals surface area (Å²) in [5.74, 6) is 1.45. The molecule has 16 heavy (non-hydrogen) atoms. The second-order valence-corrected chi connectivity index (χ2v) is 4.16. The van der Waals surface area contributed by atoms with Crippen molar-refractivity contribution in [2.45, 2.75) is 26.3 Å². The van der Waals surface area contributed by atoms with Crippen molar-refractivity contribution in [1.82, 2.24) is 9.55 Å². The Morgan fingerprint density at radius 2 is 1.94 bits per heavy atom. The Labute approximate surface area is 95.9 Å². The molecule has 0 bridgehead atoms. The van der Waals surface area contributed by atoms with Crippen molar-refractivity contribution < 1.29 is 0 Å². The van der Waals surface area contributed by atoms with Crippen LogP contribution in [0.1, 0.15) is 31.2 Å². The number of hydrogen-bond acceptors (Lipinski definition) is 2. The Morgan fingerprint density at radius 3 is 2.50 bits per heavy atom. The number of aromatic nitrogens is 2. The summed E-state index contributed by atoms with van der Waals surface area (Å²) in [6.07, 6.45) is 3.71. The van der Waals surface area contributed by atoms with Gasteiger partial charge in [-0.1, -0.05) is 26.0 Å². The SMILES string of the molecule is CC(C)c1ccc(-n2ccnc2CN)cc1. The predicted molar refractivity (Wildman–Crippen MR) is 65.5 cm³/mol. The second kappa shape index (κ2) is 4.49. The first-order valence-corrected chi connectivity index (χ1v) is 5.55. The molecule has 0 radical (unpaired) electrons. The second-order valence-electron chi connectivity index (χ2n) is 4.16. The van der Waals surface area contributed by atoms with Gasteiger partial charge in [0.15, 0.2) is 0 Å². The van der Waals surface area contributed by atoms with Crippen LogP contribution in [0.2, 0.25) is 0 Å². The smallest absolute Gasteiger partial charge is 0.126 e. The molecule has 1 aromatic carbocycles. The highest BCUT2D eigenvalue weighted by molar-refractivity contribution is 5.36. The molecule has 0 fully saturated rings. The van der Waals surface area contributed by atoms with E-state index >= 15 is 0 Å². The standard InChI is InChI=1S/C13H17N3/c1-10(2)11-3-5-12(6-4-11)16-8-7-15-13(16)9-14/h3-8,10H,9,14H2,1-2H3. The van der Waals surface area contributed by atoms with Crippen molar-refractivity contribution in [2.75, 3.05) is 0 Å². The van der Waals surface area contributed by atoms with Crippen LogP contribution < -0.4 is 5.73 Å². The number of hydrogen-bond donors (Lipinski definition) is 1. The van der Waals surface area contributed by atoms with Crippen LogP contribution in [0.15, 0.2) is 36.7 Å². The van der Waals surface area contributed by atoms with Gasteiger partial charge >= 0.3 is 0 Å². The molecule has 1 aromatic heterocycles. The van der Waals surface area contributed by atoms with E-state index in [1.165, 1.54) is 5.56 Å². The molecule has 2 aromatic rings. The molecule has 0 aliphatic rings. The van der Waals surface area contributed by atoms with Gasteiger partial charge < -0.3 is 10.3 Å². The Morgan fingerprint density at radius 1 is 1.25 bits per heavy atom. The van der Waals surface area contributed by atoms with Gasteiger partial charge in [-0.25, -0.2) is 4.98 Å². The van der Waals surface area contributed by atoms with E-state index in [1.54, 1.807) is 6.20 Å². The zero-order valence-corrected chi connectivity index (χ0v) is 9.72. The third-order valence-corrected chi connectivity index (χ3v) is 2.74. The van der Waals surface area contributed by atoms with E-state index in [-0.39, 0.29) is 0 Å². The highest BCUT2D eigenvalue weighted by atomic mass is 15.1. The van der Waals surface area contributed by atoms with Gasteiger partial charge in [0.05, 0.1) is 6.54 Å². The third-order valence-electron chi connectivity index (χ3n) is 2.74. The van der Waals surface area contributed by atoms with Crippen molar-refractivity contribution in [3.05, 3.63) is 48.0 Å². The minimum Gasteiger partial charge on any atom is -0.324 e. The summed E-state index contributed by atoms with van der Waals surface area (Å²) in [7, 11) is 0. The van der Waals surface area contributed by atoms with Gasteiger partial charge in [-0.2, -0.15) is 0 Å². The van der Waals surface area contributed by atoms with E-state index in [9.17, 15) is 0 Å². The maximum absolute atomic E-state index is 5.63. The molecule has 0 atom stereocenters. The fourth-order valence-electron chi connectivity index (χ4n) is 1.74. The van der Waals surface area contributed by atoms with Crippen LogP contribution in [0.3, 0.4) is 0 Å². The zero-order chi connectivity index (χ0) is 11.5. The number of nitrogens with two attached hydrogens (primary N) is 1. The minimum absolute atomic E-state index is 0.457. The Balaban J connectivity index is 2.35. The van der Waals surface area contributed by atoms with E-state index in [4.69, 9.17) is 5.73 Å². The summed E-state index contributed by atoms with van der Waals surface area (Å²) in [5, 5.41) is 0. The van der Waals surface area contributed by atoms with E-state index in [2.05, 4.69) is 43.1 Å². The topological polar surface area (TPSA) is 43.8 Å². The Kier molecular flexibility index (Phi) is 3.06. The first kappa shape index (κ1) is 10.9. The molecule has 0 saturated carbocycles. The summed E-state index contributed by atoms with van der Waals surface area (Å²) in [4.78, 5) is 4.21. The van der Waals surface area contributed by atoms with Crippen LogP contribution in [0.5, 0.6) is 0 Å². The summed E-state index contributed by atoms with van der Waals surface area (Å²) >= 11 is 0. The van der Waals surface area contributed by atoms with Crippen LogP contribution in [-0.2, 0) is 6.54 Å². The predicted octanol–water partition coefficient (Wildman–Crippen LogP) is 2.45. The van der Waals surface area contributed by atoms with Gasteiger partial charge in [-0.15, -0.1) is 0 Å². The van der Waals surface area contributed by atoms with Crippen molar-refractivity contribution in [2.24, 2.45) is 5.73 Å². The number of nitrogens with zero attached hydrogens (tertiary/aromatic N) is 2. The van der Waals surface area contributed by atoms with Gasteiger partial charge in [-0.3, -0.25) is 0 Å². The summed E-state index contributed by atoms with van der Waals surface area (Å²) in [6, 6.07) is 8.52. The molecule has 0 aliphatic heterocycles. The molecule has 0 saturated heterocycles. The first-order valence-electron chi connectivity index (χ1n) is 5.55. The highest BCUT2D eigenvalue weighted by Gasteiger charge is 2.03. The maximum atomic E-state index is 5.63. The van der Waals surface area contributed by atoms with Crippen LogP contribution in [0.4, 0.5) is 0 Å². The molecule has 0 amide bonds. The molecule has 3 nitrogen and oxygen atoms in total. The van der Waals surface area contributed by atoms with Gasteiger partial charge in [0.2, 0.25) is 0 Å². The minimum atomic E-state index is 0.457. The lowest BCUT2D eigenvalue weighted by Gasteiger charge is -2.09. The lowest BCUT2D eigenvalue weighted by molar-refractivity contribution is 0.853. The number of benzene rings is 1. The van der Waals surface area contributed by atoms with Gasteiger partial charge in [0, 0.05) is 18.1 Å². The normalized spacial score (nSPS) is 11.0. The number of imidazole rings is 1. The average molecular weight is 215 g/mol. The van der Waals surface area contributed by atoms with E-state index in [0.717, 1.165) is 11.5 Å². The van der Waals surface area contributed by atoms with Crippen molar-refractivity contribution in [1.29, 1.82) is 0 Å². The van der Waals surface area contributed by atoms with Crippen LogP contribution >= 0.6 is 0 Å². The van der Waals surface area contributed by atoms with Gasteiger partial charge in [-0.05, 0) is 23.6 Å². The van der Waals surface area contributed by atoms with Crippen molar-refractivity contribution in [3.8, 4) is 5.69 Å². The quantitative estimate of drug-likeness (QED) is 0.854. The van der Waals surface area contributed by atoms with Gasteiger partial charge in [0.1, 0.15) is 5.82 Å². The van der Waals surface area contributed by atoms with E-state index in [0.29, 0.717) is 12.5 Å². The summed E-state index contributed by atoms with van der Waals surface area (Å²) in [5.41, 5.74) is 8.09. The molecule has 3 heteroatoms. The summed E-state index contributed by atoms with van der Waals surface area (Å²) < 4.78 is 2.02. The fourth-order valence-corrected chi connectivity index (χ4v) is 1.74. The molecular formula is C13H17N3.